The third-order valence-corrected chi connectivity index (χ3v) is 8.29. The Labute approximate surface area is 250 Å². The first kappa shape index (κ1) is 28.2. The Kier molecular flexibility index (Phi) is 7.98. The summed E-state index contributed by atoms with van der Waals surface area (Å²) in [5.74, 6) is -0.245. The highest BCUT2D eigenvalue weighted by Crippen LogP contribution is 2.30. The van der Waals surface area contributed by atoms with Crippen molar-refractivity contribution in [1.82, 2.24) is 25.1 Å². The Hall–Kier alpha value is -4.89. The van der Waals surface area contributed by atoms with Crippen LogP contribution in [0.2, 0.25) is 0 Å². The Morgan fingerprint density at radius 1 is 0.884 bits per heavy atom. The van der Waals surface area contributed by atoms with Crippen LogP contribution in [0, 0.1) is 0 Å². The molecular formula is C34H35N5O4. The van der Waals surface area contributed by atoms with E-state index >= 15 is 0 Å². The molecule has 0 saturated carbocycles. The first-order chi connectivity index (χ1) is 20.9. The standard InChI is InChI=1S/C34H35N5O4/c1-36-23-32(41)38-30(20-25-14-16-28(40)17-15-25)33(42)37(21-27-12-7-11-26-10-5-6-13-29(26)27)22-31(38)39(36)34(43)35-19-18-24-8-3-2-4-9-24/h2-17,30-31,40H,18-23H2,1H3,(H,35,43)/t30-,31?/m0/s1. The Balaban J connectivity index is 1.31. The minimum absolute atomic E-state index is 0.0225. The quantitative estimate of drug-likeness (QED) is 0.349. The minimum atomic E-state index is -0.806. The zero-order valence-corrected chi connectivity index (χ0v) is 24.1. The number of likely N-dealkylation sites (N-methyl/N-ethyl adjacent to an activating group) is 1. The Morgan fingerprint density at radius 3 is 2.40 bits per heavy atom. The number of nitrogens with one attached hydrogen (secondary N) is 1. The fraction of sp³-hybridized carbons (Fsp3) is 0.265. The van der Waals surface area contributed by atoms with Crippen molar-refractivity contribution in [3.05, 3.63) is 114 Å². The number of carbonyl (C=O) groups is 3. The zero-order chi connectivity index (χ0) is 29.9. The second-order valence-corrected chi connectivity index (χ2v) is 11.2. The first-order valence-corrected chi connectivity index (χ1v) is 14.6. The summed E-state index contributed by atoms with van der Waals surface area (Å²) in [5, 5.41) is 18.2. The largest absolute Gasteiger partial charge is 0.508 e. The highest BCUT2D eigenvalue weighted by molar-refractivity contribution is 5.92. The van der Waals surface area contributed by atoms with E-state index in [1.807, 2.05) is 72.8 Å². The average molecular weight is 578 g/mol. The fourth-order valence-electron chi connectivity index (χ4n) is 6.18. The lowest BCUT2D eigenvalue weighted by atomic mass is 9.97. The average Bonchev–Trinajstić information content (AvgIpc) is 3.01. The van der Waals surface area contributed by atoms with Gasteiger partial charge in [0.2, 0.25) is 11.8 Å². The number of hydrazine groups is 1. The molecule has 9 nitrogen and oxygen atoms in total. The smallest absolute Gasteiger partial charge is 0.333 e. The van der Waals surface area contributed by atoms with Gasteiger partial charge in [0.15, 0.2) is 0 Å². The number of fused-ring (bicyclic) bond motifs is 2. The van der Waals surface area contributed by atoms with Crippen molar-refractivity contribution in [3.8, 4) is 5.75 Å². The molecule has 2 N–H and O–H groups in total. The predicted molar refractivity (Wildman–Crippen MR) is 164 cm³/mol. The van der Waals surface area contributed by atoms with Crippen LogP contribution in [-0.2, 0) is 29.0 Å². The van der Waals surface area contributed by atoms with Gasteiger partial charge in [0.1, 0.15) is 18.0 Å². The summed E-state index contributed by atoms with van der Waals surface area (Å²) in [6.07, 6.45) is 0.255. The summed E-state index contributed by atoms with van der Waals surface area (Å²) >= 11 is 0. The van der Waals surface area contributed by atoms with Crippen molar-refractivity contribution in [2.24, 2.45) is 0 Å². The number of phenols is 1. The van der Waals surface area contributed by atoms with Gasteiger partial charge in [-0.2, -0.15) is 0 Å². The molecule has 4 amide bonds. The monoisotopic (exact) mass is 577 g/mol. The Morgan fingerprint density at radius 2 is 1.60 bits per heavy atom. The lowest BCUT2D eigenvalue weighted by Gasteiger charge is -2.54. The molecule has 4 aromatic carbocycles. The molecule has 0 aliphatic carbocycles. The number of hydrogen-bond acceptors (Lipinski definition) is 5. The SMILES string of the molecule is CN1CC(=O)N2C(CN(Cc3cccc4ccccc34)C(=O)[C@@H]2Cc2ccc(O)cc2)N1C(=O)NCCc1ccccc1. The van der Waals surface area contributed by atoms with E-state index in [1.165, 1.54) is 0 Å². The lowest BCUT2D eigenvalue weighted by Crippen LogP contribution is -2.76. The van der Waals surface area contributed by atoms with Gasteiger partial charge < -0.3 is 20.2 Å². The summed E-state index contributed by atoms with van der Waals surface area (Å²) in [6.45, 7) is 0.934. The number of phenolic OH excluding ortho intramolecular Hbond substituents is 1. The number of urea groups is 1. The summed E-state index contributed by atoms with van der Waals surface area (Å²) in [7, 11) is 1.73. The number of amides is 4. The number of nitrogens with zero attached hydrogens (tertiary/aromatic N) is 4. The van der Waals surface area contributed by atoms with Crippen molar-refractivity contribution in [3.63, 3.8) is 0 Å². The van der Waals surface area contributed by atoms with Crippen LogP contribution in [0.3, 0.4) is 0 Å². The normalized spacial score (nSPS) is 19.0. The molecule has 2 heterocycles. The minimum Gasteiger partial charge on any atom is -0.508 e. The van der Waals surface area contributed by atoms with E-state index in [9.17, 15) is 19.5 Å². The maximum absolute atomic E-state index is 14.2. The molecule has 0 spiro atoms. The van der Waals surface area contributed by atoms with Crippen molar-refractivity contribution in [1.29, 1.82) is 0 Å². The van der Waals surface area contributed by atoms with Crippen LogP contribution in [0.5, 0.6) is 5.75 Å². The van der Waals surface area contributed by atoms with Crippen LogP contribution in [0.15, 0.2) is 97.1 Å². The van der Waals surface area contributed by atoms with Gasteiger partial charge in [-0.25, -0.2) is 14.8 Å². The van der Waals surface area contributed by atoms with Gasteiger partial charge >= 0.3 is 6.03 Å². The molecular weight excluding hydrogens is 542 g/mol. The van der Waals surface area contributed by atoms with Crippen LogP contribution in [-0.4, -0.2) is 81.7 Å². The third-order valence-electron chi connectivity index (χ3n) is 8.29. The van der Waals surface area contributed by atoms with Gasteiger partial charge in [0.25, 0.3) is 0 Å². The van der Waals surface area contributed by atoms with Gasteiger partial charge in [-0.15, -0.1) is 0 Å². The Bertz CT molecular complexity index is 1620. The molecule has 9 heteroatoms. The molecule has 2 saturated heterocycles. The third kappa shape index (κ3) is 5.89. The van der Waals surface area contributed by atoms with Crippen LogP contribution in [0.1, 0.15) is 16.7 Å². The van der Waals surface area contributed by atoms with Gasteiger partial charge in [0.05, 0.1) is 13.1 Å². The molecule has 6 rings (SSSR count). The highest BCUT2D eigenvalue weighted by atomic mass is 16.3. The van der Waals surface area contributed by atoms with E-state index in [2.05, 4.69) is 5.32 Å². The molecule has 2 fully saturated rings. The second-order valence-electron chi connectivity index (χ2n) is 11.2. The molecule has 0 bridgehead atoms. The number of piperazine rings is 1. The number of benzene rings is 4. The summed E-state index contributed by atoms with van der Waals surface area (Å²) in [4.78, 5) is 44.8. The first-order valence-electron chi connectivity index (χ1n) is 14.6. The zero-order valence-electron chi connectivity index (χ0n) is 24.1. The number of rotatable bonds is 7. The predicted octanol–water partition coefficient (Wildman–Crippen LogP) is 3.77. The fourth-order valence-corrected chi connectivity index (χ4v) is 6.18. The second kappa shape index (κ2) is 12.1. The van der Waals surface area contributed by atoms with E-state index < -0.39 is 12.2 Å². The van der Waals surface area contributed by atoms with Crippen molar-refractivity contribution >= 4 is 28.6 Å². The van der Waals surface area contributed by atoms with Gasteiger partial charge in [-0.05, 0) is 46.0 Å². The summed E-state index contributed by atoms with van der Waals surface area (Å²) in [6, 6.07) is 29.6. The molecule has 220 valence electrons. The highest BCUT2D eigenvalue weighted by Gasteiger charge is 2.50. The molecule has 4 aromatic rings. The van der Waals surface area contributed by atoms with Crippen LogP contribution in [0.25, 0.3) is 10.8 Å². The van der Waals surface area contributed by atoms with Crippen molar-refractivity contribution < 1.29 is 19.5 Å². The molecule has 43 heavy (non-hydrogen) atoms. The van der Waals surface area contributed by atoms with E-state index in [1.54, 1.807) is 51.1 Å². The van der Waals surface area contributed by atoms with Gasteiger partial charge in [-0.3, -0.25) is 9.59 Å². The maximum Gasteiger partial charge on any atom is 0.333 e. The topological polar surface area (TPSA) is 96.4 Å². The molecule has 0 aromatic heterocycles. The van der Waals surface area contributed by atoms with Crippen molar-refractivity contribution in [2.75, 3.05) is 26.7 Å². The molecule has 0 radical (unpaired) electrons. The van der Waals surface area contributed by atoms with Gasteiger partial charge in [-0.1, -0.05) is 84.9 Å². The molecule has 2 atom stereocenters. The number of hydrogen-bond donors (Lipinski definition) is 2. The number of carbonyl (C=O) groups excluding carboxylic acids is 3. The van der Waals surface area contributed by atoms with Crippen LogP contribution < -0.4 is 5.32 Å². The van der Waals surface area contributed by atoms with Crippen molar-refractivity contribution in [2.45, 2.75) is 31.6 Å². The van der Waals surface area contributed by atoms with E-state index in [4.69, 9.17) is 0 Å². The van der Waals surface area contributed by atoms with E-state index in [0.717, 1.165) is 27.5 Å². The molecule has 2 aliphatic heterocycles. The van der Waals surface area contributed by atoms with Crippen LogP contribution >= 0.6 is 0 Å². The van der Waals surface area contributed by atoms with Crippen LogP contribution in [0.4, 0.5) is 4.79 Å². The molecule has 1 unspecified atom stereocenters. The lowest BCUT2D eigenvalue weighted by molar-refractivity contribution is -0.187. The number of aromatic hydroxyl groups is 1. The van der Waals surface area contributed by atoms with Gasteiger partial charge in [0, 0.05) is 26.6 Å². The molecule has 2 aliphatic rings. The van der Waals surface area contributed by atoms with E-state index in [-0.39, 0.29) is 43.1 Å². The maximum atomic E-state index is 14.2. The summed E-state index contributed by atoms with van der Waals surface area (Å²) in [5.41, 5.74) is 2.93. The summed E-state index contributed by atoms with van der Waals surface area (Å²) < 4.78 is 0. The van der Waals surface area contributed by atoms with E-state index in [0.29, 0.717) is 19.5 Å².